The zero-order valence-electron chi connectivity index (χ0n) is 16.9. The molecule has 6 nitrogen and oxygen atoms in total. The molecule has 3 aromatic rings. The second kappa shape index (κ2) is 10.5. The number of amides is 1. The van der Waals surface area contributed by atoms with Crippen molar-refractivity contribution in [3.8, 4) is 5.75 Å². The highest BCUT2D eigenvalue weighted by molar-refractivity contribution is 5.93. The summed E-state index contributed by atoms with van der Waals surface area (Å²) >= 11 is 0. The molecular formula is C24H26N2O4. The first-order valence-electron chi connectivity index (χ1n) is 9.74. The summed E-state index contributed by atoms with van der Waals surface area (Å²) in [6.07, 6.45) is 2.01. The number of carbonyl (C=O) groups is 1. The molecule has 0 saturated heterocycles. The zero-order chi connectivity index (χ0) is 21.3. The SMILES string of the molecule is CN(CCO)C/C(=C/c1ccc(C(=O)NO)cc1)COc1cccc2ccccc12. The second-order valence-electron chi connectivity index (χ2n) is 7.09. The number of rotatable bonds is 9. The van der Waals surface area contributed by atoms with E-state index in [1.165, 1.54) is 0 Å². The number of aliphatic hydroxyl groups excluding tert-OH is 1. The Morgan fingerprint density at radius 2 is 1.80 bits per heavy atom. The van der Waals surface area contributed by atoms with Gasteiger partial charge in [-0.1, -0.05) is 54.6 Å². The molecule has 0 aliphatic carbocycles. The number of nitrogens with one attached hydrogen (secondary N) is 1. The Bertz CT molecular complexity index is 1010. The van der Waals surface area contributed by atoms with Gasteiger partial charge in [-0.3, -0.25) is 10.0 Å². The van der Waals surface area contributed by atoms with Crippen molar-refractivity contribution in [3.05, 3.63) is 83.4 Å². The van der Waals surface area contributed by atoms with Crippen LogP contribution >= 0.6 is 0 Å². The van der Waals surface area contributed by atoms with Crippen molar-refractivity contribution in [1.82, 2.24) is 10.4 Å². The molecule has 0 heterocycles. The fraction of sp³-hybridized carbons (Fsp3) is 0.208. The number of likely N-dealkylation sites (N-methyl/N-ethyl adjacent to an activating group) is 1. The van der Waals surface area contributed by atoms with Crippen molar-refractivity contribution < 1.29 is 19.8 Å². The molecule has 30 heavy (non-hydrogen) atoms. The molecule has 0 atom stereocenters. The van der Waals surface area contributed by atoms with Crippen LogP contribution in [0.2, 0.25) is 0 Å². The van der Waals surface area contributed by atoms with Crippen molar-refractivity contribution in [3.63, 3.8) is 0 Å². The quantitative estimate of drug-likeness (QED) is 0.375. The van der Waals surface area contributed by atoms with Gasteiger partial charge in [0.2, 0.25) is 0 Å². The van der Waals surface area contributed by atoms with Gasteiger partial charge in [-0.25, -0.2) is 5.48 Å². The maximum absolute atomic E-state index is 11.5. The first-order valence-corrected chi connectivity index (χ1v) is 9.74. The molecule has 0 radical (unpaired) electrons. The van der Waals surface area contributed by atoms with Gasteiger partial charge < -0.3 is 14.7 Å². The molecule has 0 aromatic heterocycles. The largest absolute Gasteiger partial charge is 0.489 e. The van der Waals surface area contributed by atoms with E-state index in [-0.39, 0.29) is 6.61 Å². The van der Waals surface area contributed by atoms with Crippen LogP contribution in [0.5, 0.6) is 5.75 Å². The average molecular weight is 406 g/mol. The van der Waals surface area contributed by atoms with Crippen LogP contribution in [0.25, 0.3) is 16.8 Å². The van der Waals surface area contributed by atoms with Gasteiger partial charge in [0.15, 0.2) is 0 Å². The number of ether oxygens (including phenoxy) is 1. The zero-order valence-corrected chi connectivity index (χ0v) is 16.9. The highest BCUT2D eigenvalue weighted by atomic mass is 16.5. The van der Waals surface area contributed by atoms with Gasteiger partial charge in [0.05, 0.1) is 6.61 Å². The molecule has 0 saturated carbocycles. The fourth-order valence-corrected chi connectivity index (χ4v) is 3.25. The lowest BCUT2D eigenvalue weighted by Crippen LogP contribution is -2.26. The molecule has 0 aliphatic heterocycles. The summed E-state index contributed by atoms with van der Waals surface area (Å²) in [5, 5.41) is 20.2. The number of benzene rings is 3. The van der Waals surface area contributed by atoms with Crippen LogP contribution in [0.4, 0.5) is 0 Å². The molecule has 0 aliphatic rings. The molecule has 0 fully saturated rings. The number of aliphatic hydroxyl groups is 1. The molecule has 3 N–H and O–H groups in total. The van der Waals surface area contributed by atoms with E-state index in [0.29, 0.717) is 25.3 Å². The van der Waals surface area contributed by atoms with E-state index < -0.39 is 5.91 Å². The smallest absolute Gasteiger partial charge is 0.274 e. The lowest BCUT2D eigenvalue weighted by atomic mass is 10.1. The topological polar surface area (TPSA) is 82.0 Å². The molecule has 3 aromatic carbocycles. The van der Waals surface area contributed by atoms with Crippen molar-refractivity contribution in [1.29, 1.82) is 0 Å². The van der Waals surface area contributed by atoms with Crippen LogP contribution in [-0.2, 0) is 0 Å². The number of hydrogen-bond acceptors (Lipinski definition) is 5. The van der Waals surface area contributed by atoms with Crippen molar-refractivity contribution in [2.24, 2.45) is 0 Å². The van der Waals surface area contributed by atoms with E-state index in [1.54, 1.807) is 17.6 Å². The molecular weight excluding hydrogens is 380 g/mol. The highest BCUT2D eigenvalue weighted by Gasteiger charge is 2.08. The summed E-state index contributed by atoms with van der Waals surface area (Å²) in [5.74, 6) is 0.270. The summed E-state index contributed by atoms with van der Waals surface area (Å²) in [7, 11) is 1.94. The van der Waals surface area contributed by atoms with E-state index in [2.05, 4.69) is 12.1 Å². The Kier molecular flexibility index (Phi) is 7.57. The monoisotopic (exact) mass is 406 g/mol. The third kappa shape index (κ3) is 5.67. The highest BCUT2D eigenvalue weighted by Crippen LogP contribution is 2.25. The number of nitrogens with zero attached hydrogens (tertiary/aromatic N) is 1. The number of hydroxylamine groups is 1. The second-order valence-corrected chi connectivity index (χ2v) is 7.09. The van der Waals surface area contributed by atoms with Crippen LogP contribution in [0, 0.1) is 0 Å². The van der Waals surface area contributed by atoms with Crippen molar-refractivity contribution >= 4 is 22.8 Å². The first-order chi connectivity index (χ1) is 14.6. The summed E-state index contributed by atoms with van der Waals surface area (Å²) in [4.78, 5) is 13.5. The lowest BCUT2D eigenvalue weighted by Gasteiger charge is -2.19. The van der Waals surface area contributed by atoms with Gasteiger partial charge >= 0.3 is 0 Å². The molecule has 0 unspecified atom stereocenters. The van der Waals surface area contributed by atoms with Crippen LogP contribution in [0.1, 0.15) is 15.9 Å². The third-order valence-corrected chi connectivity index (χ3v) is 4.76. The van der Waals surface area contributed by atoms with Crippen molar-refractivity contribution in [2.45, 2.75) is 0 Å². The maximum Gasteiger partial charge on any atom is 0.274 e. The number of fused-ring (bicyclic) bond motifs is 1. The Morgan fingerprint density at radius 1 is 1.07 bits per heavy atom. The molecule has 0 bridgehead atoms. The van der Waals surface area contributed by atoms with Gasteiger partial charge in [-0.2, -0.15) is 0 Å². The predicted octanol–water partition coefficient (Wildman–Crippen LogP) is 3.35. The van der Waals surface area contributed by atoms with Crippen LogP contribution in [0.3, 0.4) is 0 Å². The third-order valence-electron chi connectivity index (χ3n) is 4.76. The Balaban J connectivity index is 1.81. The summed E-state index contributed by atoms with van der Waals surface area (Å²) in [6, 6.07) is 21.0. The van der Waals surface area contributed by atoms with E-state index in [0.717, 1.165) is 27.7 Å². The minimum atomic E-state index is -0.548. The van der Waals surface area contributed by atoms with E-state index in [1.807, 2.05) is 60.5 Å². The first kappa shape index (κ1) is 21.5. The predicted molar refractivity (Wildman–Crippen MR) is 118 cm³/mol. The summed E-state index contributed by atoms with van der Waals surface area (Å²) in [5.41, 5.74) is 3.95. The van der Waals surface area contributed by atoms with Gasteiger partial charge in [0, 0.05) is 24.0 Å². The van der Waals surface area contributed by atoms with E-state index >= 15 is 0 Å². The van der Waals surface area contributed by atoms with Gasteiger partial charge in [-0.05, 0) is 41.8 Å². The summed E-state index contributed by atoms with van der Waals surface area (Å²) in [6.45, 7) is 1.66. The average Bonchev–Trinajstić information content (AvgIpc) is 2.77. The minimum absolute atomic E-state index is 0.0823. The van der Waals surface area contributed by atoms with E-state index in [4.69, 9.17) is 9.94 Å². The Hall–Kier alpha value is -3.19. The van der Waals surface area contributed by atoms with Gasteiger partial charge in [0.1, 0.15) is 12.4 Å². The van der Waals surface area contributed by atoms with Crippen LogP contribution in [-0.4, -0.2) is 54.5 Å². The molecule has 0 spiro atoms. The van der Waals surface area contributed by atoms with Crippen molar-refractivity contribution in [2.75, 3.05) is 33.4 Å². The lowest BCUT2D eigenvalue weighted by molar-refractivity contribution is 0.0706. The number of hydrogen-bond donors (Lipinski definition) is 3. The van der Waals surface area contributed by atoms with Crippen LogP contribution in [0.15, 0.2) is 72.3 Å². The minimum Gasteiger partial charge on any atom is -0.489 e. The normalized spacial score (nSPS) is 11.7. The Morgan fingerprint density at radius 3 is 2.53 bits per heavy atom. The number of carbonyl (C=O) groups excluding carboxylic acids is 1. The van der Waals surface area contributed by atoms with Crippen LogP contribution < -0.4 is 10.2 Å². The molecule has 1 amide bonds. The summed E-state index contributed by atoms with van der Waals surface area (Å²) < 4.78 is 6.16. The fourth-order valence-electron chi connectivity index (χ4n) is 3.25. The molecule has 156 valence electrons. The maximum atomic E-state index is 11.5. The Labute approximate surface area is 176 Å². The van der Waals surface area contributed by atoms with Gasteiger partial charge in [-0.15, -0.1) is 0 Å². The van der Waals surface area contributed by atoms with Gasteiger partial charge in [0.25, 0.3) is 5.91 Å². The standard InChI is InChI=1S/C24H26N2O4/c1-26(13-14-27)16-19(15-18-9-11-21(12-10-18)24(28)25-29)17-30-23-8-4-6-20-5-2-3-7-22(20)23/h2-12,15,27,29H,13-14,16-17H2,1H3,(H,25,28)/b19-15-. The van der Waals surface area contributed by atoms with E-state index in [9.17, 15) is 9.90 Å². The molecule has 3 rings (SSSR count). The molecule has 6 heteroatoms.